The van der Waals surface area contributed by atoms with Crippen LogP contribution in [-0.4, -0.2) is 42.0 Å². The van der Waals surface area contributed by atoms with E-state index in [1.807, 2.05) is 67.6 Å². The molecule has 0 spiro atoms. The molecule has 8 heteroatoms. The molecule has 200 valence electrons. The maximum Gasteiger partial charge on any atom is 0.411 e. The van der Waals surface area contributed by atoms with E-state index in [4.69, 9.17) is 4.74 Å². The summed E-state index contributed by atoms with van der Waals surface area (Å²) in [5.74, 6) is 0. The van der Waals surface area contributed by atoms with Crippen molar-refractivity contribution in [3.63, 3.8) is 0 Å². The Kier molecular flexibility index (Phi) is 6.92. The minimum absolute atomic E-state index is 0.199. The summed E-state index contributed by atoms with van der Waals surface area (Å²) >= 11 is -2.17. The highest BCUT2D eigenvalue weighted by molar-refractivity contribution is 7.80. The second kappa shape index (κ2) is 9.91. The van der Waals surface area contributed by atoms with Gasteiger partial charge in [-0.25, -0.2) is 4.79 Å². The summed E-state index contributed by atoms with van der Waals surface area (Å²) in [5.41, 5.74) is 2.44. The third kappa shape index (κ3) is 5.13. The molecular weight excluding hydrogens is 500 g/mol. The highest BCUT2D eigenvalue weighted by Gasteiger charge is 2.48. The highest BCUT2D eigenvalue weighted by atomic mass is 32.2. The third-order valence-corrected chi connectivity index (χ3v) is 8.99. The van der Waals surface area contributed by atoms with Crippen LogP contribution in [0.15, 0.2) is 72.9 Å². The van der Waals surface area contributed by atoms with E-state index in [0.29, 0.717) is 37.9 Å². The Labute approximate surface area is 226 Å². The first-order valence-corrected chi connectivity index (χ1v) is 14.0. The molecule has 1 saturated heterocycles. The van der Waals surface area contributed by atoms with Crippen LogP contribution in [0.5, 0.6) is 0 Å². The topological polar surface area (TPSA) is 103 Å². The second-order valence-electron chi connectivity index (χ2n) is 11.1. The van der Waals surface area contributed by atoms with Crippen molar-refractivity contribution in [2.24, 2.45) is 0 Å². The molecule has 38 heavy (non-hydrogen) atoms. The molecule has 2 aromatic carbocycles. The number of cyclic esters (lactones) is 1. The number of carbonyl (C=O) groups is 1. The molecule has 2 aliphatic rings. The van der Waals surface area contributed by atoms with Gasteiger partial charge in [-0.2, -0.15) is 0 Å². The predicted octanol–water partition coefficient (Wildman–Crippen LogP) is 5.58. The first-order valence-electron chi connectivity index (χ1n) is 13.0. The van der Waals surface area contributed by atoms with Crippen LogP contribution in [0.2, 0.25) is 0 Å². The van der Waals surface area contributed by atoms with E-state index in [-0.39, 0.29) is 6.04 Å². The Morgan fingerprint density at radius 3 is 2.24 bits per heavy atom. The van der Waals surface area contributed by atoms with E-state index in [9.17, 15) is 18.7 Å². The summed E-state index contributed by atoms with van der Waals surface area (Å²) in [6, 6.07) is 21.1. The molecule has 1 saturated carbocycles. The van der Waals surface area contributed by atoms with Crippen LogP contribution in [0.4, 0.5) is 4.79 Å². The number of carbonyl (C=O) groups excluding carboxylic acids is 1. The maximum atomic E-state index is 13.3. The van der Waals surface area contributed by atoms with Crippen molar-refractivity contribution in [1.82, 2.24) is 9.88 Å². The molecule has 7 nitrogen and oxygen atoms in total. The van der Waals surface area contributed by atoms with E-state index in [1.54, 1.807) is 31.0 Å². The van der Waals surface area contributed by atoms with Gasteiger partial charge in [-0.05, 0) is 67.5 Å². The van der Waals surface area contributed by atoms with Gasteiger partial charge in [-0.1, -0.05) is 60.7 Å². The minimum atomic E-state index is -2.17. The number of hydrogen-bond acceptors (Lipinski definition) is 6. The predicted molar refractivity (Wildman–Crippen MR) is 145 cm³/mol. The van der Waals surface area contributed by atoms with Crippen molar-refractivity contribution in [1.29, 1.82) is 0 Å². The van der Waals surface area contributed by atoms with Crippen molar-refractivity contribution >= 4 is 17.2 Å². The number of ether oxygens (including phenoxy) is 1. The molecular formula is C30H33N2O5S-. The van der Waals surface area contributed by atoms with Gasteiger partial charge in [0.25, 0.3) is 0 Å². The molecule has 3 atom stereocenters. The number of aromatic nitrogens is 1. The molecule has 1 aliphatic carbocycles. The molecule has 0 bridgehead atoms. The lowest BCUT2D eigenvalue weighted by atomic mass is 9.80. The average molecular weight is 534 g/mol. The quantitative estimate of drug-likeness (QED) is 0.380. The van der Waals surface area contributed by atoms with Gasteiger partial charge in [0.05, 0.1) is 22.1 Å². The Morgan fingerprint density at radius 2 is 1.71 bits per heavy atom. The monoisotopic (exact) mass is 533 g/mol. The molecule has 0 radical (unpaired) electrons. The van der Waals surface area contributed by atoms with Gasteiger partial charge >= 0.3 is 6.09 Å². The summed E-state index contributed by atoms with van der Waals surface area (Å²) in [5, 5.41) is 10.6. The van der Waals surface area contributed by atoms with Crippen LogP contribution in [0.1, 0.15) is 69.3 Å². The van der Waals surface area contributed by atoms with E-state index in [0.717, 1.165) is 22.3 Å². The van der Waals surface area contributed by atoms with Crippen molar-refractivity contribution in [3.05, 3.63) is 89.7 Å². The van der Waals surface area contributed by atoms with Gasteiger partial charge in [0.15, 0.2) is 0 Å². The smallest absolute Gasteiger partial charge is 0.411 e. The van der Waals surface area contributed by atoms with E-state index in [2.05, 4.69) is 4.98 Å². The fourth-order valence-electron chi connectivity index (χ4n) is 5.48. The van der Waals surface area contributed by atoms with Crippen molar-refractivity contribution < 1.29 is 23.4 Å². The van der Waals surface area contributed by atoms with Crippen LogP contribution in [0.3, 0.4) is 0 Å². The number of amides is 1. The Balaban J connectivity index is 1.30. The Bertz CT molecular complexity index is 1320. The summed E-state index contributed by atoms with van der Waals surface area (Å²) in [7, 11) is 0. The molecule has 1 amide bonds. The first kappa shape index (κ1) is 26.5. The van der Waals surface area contributed by atoms with E-state index >= 15 is 0 Å². The SMILES string of the molecule is C[C@@H](c1ccc(-c2ccc(C3(S(=O)[O-])CC3)nc2)cc1)N1CC[C@](CC(C)(C)O)(c2ccccc2)OC1=O. The van der Waals surface area contributed by atoms with Crippen LogP contribution in [0.25, 0.3) is 11.1 Å². The number of benzene rings is 2. The third-order valence-electron chi connectivity index (χ3n) is 7.74. The second-order valence-corrected chi connectivity index (χ2v) is 12.4. The summed E-state index contributed by atoms with van der Waals surface area (Å²) in [6.07, 6.45) is 3.43. The fraction of sp³-hybridized carbons (Fsp3) is 0.400. The minimum Gasteiger partial charge on any atom is -0.772 e. The zero-order valence-corrected chi connectivity index (χ0v) is 22.7. The highest BCUT2D eigenvalue weighted by Crippen LogP contribution is 2.49. The number of nitrogens with zero attached hydrogens (tertiary/aromatic N) is 2. The van der Waals surface area contributed by atoms with Crippen LogP contribution in [-0.2, 0) is 26.2 Å². The van der Waals surface area contributed by atoms with Gasteiger partial charge in [0.1, 0.15) is 5.60 Å². The molecule has 2 heterocycles. The molecule has 1 unspecified atom stereocenters. The lowest BCUT2D eigenvalue weighted by molar-refractivity contribution is -0.101. The van der Waals surface area contributed by atoms with Gasteiger partial charge in [-0.3, -0.25) is 9.19 Å². The van der Waals surface area contributed by atoms with Crippen molar-refractivity contribution in [2.75, 3.05) is 6.54 Å². The molecule has 1 aliphatic heterocycles. The maximum absolute atomic E-state index is 13.3. The zero-order chi connectivity index (χ0) is 27.1. The molecule has 2 fully saturated rings. The number of pyridine rings is 1. The number of aliphatic hydroxyl groups is 1. The van der Waals surface area contributed by atoms with Crippen molar-refractivity contribution in [2.45, 2.75) is 68.4 Å². The standard InChI is InChI=1S/C30H34N2O5S/c1-21(32-18-17-29(37-27(32)33,20-28(2,3)34)25-7-5-4-6-8-25)22-9-11-23(12-10-22)24-13-14-26(31-19-24)30(15-16-30)38(35)36/h4-14,19,21,34H,15-18,20H2,1-3H3,(H,35,36)/p-1/t21-,29-/m0/s1. The largest absolute Gasteiger partial charge is 0.772 e. The molecule has 1 aromatic heterocycles. The number of hydrogen-bond donors (Lipinski definition) is 1. The molecule has 3 aromatic rings. The molecule has 1 N–H and O–H groups in total. The summed E-state index contributed by atoms with van der Waals surface area (Å²) in [4.78, 5) is 19.5. The van der Waals surface area contributed by atoms with Crippen molar-refractivity contribution in [3.8, 4) is 11.1 Å². The fourth-order valence-corrected chi connectivity index (χ4v) is 6.21. The summed E-state index contributed by atoms with van der Waals surface area (Å²) in [6.45, 7) is 5.96. The van der Waals surface area contributed by atoms with Crippen LogP contribution in [0, 0.1) is 0 Å². The van der Waals surface area contributed by atoms with Gasteiger partial charge in [0.2, 0.25) is 0 Å². The van der Waals surface area contributed by atoms with Gasteiger partial charge < -0.3 is 19.3 Å². The van der Waals surface area contributed by atoms with Gasteiger partial charge in [0, 0.05) is 31.1 Å². The first-order chi connectivity index (χ1) is 18.0. The van der Waals surface area contributed by atoms with Gasteiger partial charge in [-0.15, -0.1) is 0 Å². The van der Waals surface area contributed by atoms with E-state index < -0.39 is 33.1 Å². The van der Waals surface area contributed by atoms with Crippen LogP contribution < -0.4 is 0 Å². The lowest BCUT2D eigenvalue weighted by Crippen LogP contribution is -2.51. The average Bonchev–Trinajstić information content (AvgIpc) is 3.71. The molecule has 5 rings (SSSR count). The Morgan fingerprint density at radius 1 is 1.05 bits per heavy atom. The lowest BCUT2D eigenvalue weighted by Gasteiger charge is -2.45. The summed E-state index contributed by atoms with van der Waals surface area (Å²) < 4.78 is 28.5. The number of rotatable bonds is 8. The normalized spacial score (nSPS) is 22.4. The van der Waals surface area contributed by atoms with Crippen LogP contribution >= 0.6 is 0 Å². The van der Waals surface area contributed by atoms with E-state index in [1.165, 1.54) is 0 Å². The zero-order valence-electron chi connectivity index (χ0n) is 21.9. The Hall–Kier alpha value is -3.07.